The van der Waals surface area contributed by atoms with E-state index in [1.165, 1.54) is 4.88 Å². The molecule has 0 aliphatic rings. The molecule has 10 heteroatoms. The van der Waals surface area contributed by atoms with Crippen molar-refractivity contribution in [3.63, 3.8) is 0 Å². The number of rotatable bonds is 9. The maximum atomic E-state index is 12.3. The second-order valence-electron chi connectivity index (χ2n) is 6.40. The molecule has 2 rings (SSSR count). The van der Waals surface area contributed by atoms with Gasteiger partial charge in [0.1, 0.15) is 0 Å². The van der Waals surface area contributed by atoms with Crippen LogP contribution in [0.2, 0.25) is 0 Å². The third-order valence-electron chi connectivity index (χ3n) is 4.05. The summed E-state index contributed by atoms with van der Waals surface area (Å²) in [5.74, 6) is 0.669. The summed E-state index contributed by atoms with van der Waals surface area (Å²) in [4.78, 5) is 10.5. The molecule has 1 aromatic carbocycles. The summed E-state index contributed by atoms with van der Waals surface area (Å²) in [6, 6.07) is 6.78. The number of aryl methyl sites for hydroxylation is 3. The zero-order valence-electron chi connectivity index (χ0n) is 17.3. The summed E-state index contributed by atoms with van der Waals surface area (Å²) in [7, 11) is -3.51. The van der Waals surface area contributed by atoms with Gasteiger partial charge in [-0.05, 0) is 39.8 Å². The molecule has 0 atom stereocenters. The zero-order chi connectivity index (χ0) is 20.6. The van der Waals surface area contributed by atoms with Gasteiger partial charge in [0.15, 0.2) is 5.96 Å². The molecule has 0 saturated carbocycles. The summed E-state index contributed by atoms with van der Waals surface area (Å²) in [5.41, 5.74) is 2.11. The number of nitrogens with zero attached hydrogens (tertiary/aromatic N) is 2. The van der Waals surface area contributed by atoms with Crippen molar-refractivity contribution in [2.24, 2.45) is 4.99 Å². The first kappa shape index (κ1) is 25.8. The van der Waals surface area contributed by atoms with Crippen LogP contribution in [0, 0.1) is 20.8 Å². The van der Waals surface area contributed by atoms with Crippen molar-refractivity contribution in [2.75, 3.05) is 26.2 Å². The molecule has 162 valence electrons. The van der Waals surface area contributed by atoms with E-state index in [0.29, 0.717) is 19.0 Å². The fourth-order valence-electron chi connectivity index (χ4n) is 2.42. The number of hydrogen-bond donors (Lipinski definition) is 3. The van der Waals surface area contributed by atoms with Crippen LogP contribution in [-0.4, -0.2) is 45.5 Å². The highest BCUT2D eigenvalue weighted by atomic mass is 127. The first-order valence-corrected chi connectivity index (χ1v) is 11.6. The van der Waals surface area contributed by atoms with Gasteiger partial charge in [-0.3, -0.25) is 4.99 Å². The summed E-state index contributed by atoms with van der Waals surface area (Å²) in [6.45, 7) is 10.0. The Morgan fingerprint density at radius 3 is 2.38 bits per heavy atom. The maximum absolute atomic E-state index is 12.3. The minimum atomic E-state index is -3.51. The molecule has 29 heavy (non-hydrogen) atoms. The van der Waals surface area contributed by atoms with Gasteiger partial charge in [0.05, 0.1) is 22.1 Å². The topological polar surface area (TPSA) is 95.5 Å². The predicted octanol–water partition coefficient (Wildman–Crippen LogP) is 2.76. The largest absolute Gasteiger partial charge is 0.357 e. The Labute approximate surface area is 194 Å². The molecule has 0 aliphatic heterocycles. The van der Waals surface area contributed by atoms with Crippen LogP contribution in [0.15, 0.2) is 34.2 Å². The Kier molecular flexibility index (Phi) is 11.1. The first-order chi connectivity index (χ1) is 13.3. The van der Waals surface area contributed by atoms with Gasteiger partial charge in [-0.15, -0.1) is 35.3 Å². The van der Waals surface area contributed by atoms with Crippen LogP contribution in [0.3, 0.4) is 0 Å². The number of hydrogen-bond acceptors (Lipinski definition) is 5. The average molecular weight is 552 g/mol. The van der Waals surface area contributed by atoms with Gasteiger partial charge in [0, 0.05) is 30.9 Å². The second-order valence-corrected chi connectivity index (χ2v) is 9.45. The molecular weight excluding hydrogens is 521 g/mol. The predicted molar refractivity (Wildman–Crippen MR) is 131 cm³/mol. The molecule has 7 nitrogen and oxygen atoms in total. The summed E-state index contributed by atoms with van der Waals surface area (Å²) in [6.07, 6.45) is 0.823. The SMILES string of the molecule is CCNC(=NCCNS(=O)(=O)c1ccc(C)cc1)NCCc1nc(C)c(C)s1.I. The minimum absolute atomic E-state index is 0. The molecule has 0 unspecified atom stereocenters. The van der Waals surface area contributed by atoms with Gasteiger partial charge in [-0.2, -0.15) is 0 Å². The van der Waals surface area contributed by atoms with Crippen LogP contribution in [0.5, 0.6) is 0 Å². The third-order valence-corrected chi connectivity index (χ3v) is 6.66. The van der Waals surface area contributed by atoms with E-state index in [2.05, 4.69) is 32.3 Å². The van der Waals surface area contributed by atoms with Gasteiger partial charge < -0.3 is 10.6 Å². The van der Waals surface area contributed by atoms with Crippen molar-refractivity contribution in [1.82, 2.24) is 20.3 Å². The van der Waals surface area contributed by atoms with Crippen LogP contribution < -0.4 is 15.4 Å². The van der Waals surface area contributed by atoms with Crippen LogP contribution in [-0.2, 0) is 16.4 Å². The lowest BCUT2D eigenvalue weighted by Gasteiger charge is -2.11. The minimum Gasteiger partial charge on any atom is -0.357 e. The smallest absolute Gasteiger partial charge is 0.240 e. The number of sulfonamides is 1. The molecular formula is C19H30IN5O2S2. The fraction of sp³-hybridized carbons (Fsp3) is 0.474. The van der Waals surface area contributed by atoms with E-state index < -0.39 is 10.0 Å². The van der Waals surface area contributed by atoms with Gasteiger partial charge >= 0.3 is 0 Å². The molecule has 0 saturated heterocycles. The third kappa shape index (κ3) is 8.57. The van der Waals surface area contributed by atoms with Gasteiger partial charge in [0.25, 0.3) is 0 Å². The quantitative estimate of drug-likeness (QED) is 0.193. The Morgan fingerprint density at radius 2 is 1.79 bits per heavy atom. The molecule has 0 radical (unpaired) electrons. The highest BCUT2D eigenvalue weighted by Gasteiger charge is 2.12. The standard InChI is InChI=1S/C19H29N5O2S2.HI/c1-5-20-19(21-11-10-18-24-15(3)16(4)27-18)22-12-13-23-28(25,26)17-8-6-14(2)7-9-17;/h6-9,23H,5,10-13H2,1-4H3,(H2,20,21,22);1H. The molecule has 0 fully saturated rings. The lowest BCUT2D eigenvalue weighted by Crippen LogP contribution is -2.39. The highest BCUT2D eigenvalue weighted by molar-refractivity contribution is 14.0. The summed E-state index contributed by atoms with van der Waals surface area (Å²) < 4.78 is 27.1. The molecule has 0 amide bonds. The van der Waals surface area contributed by atoms with Crippen LogP contribution >= 0.6 is 35.3 Å². The normalized spacial score (nSPS) is 11.8. The van der Waals surface area contributed by atoms with E-state index in [-0.39, 0.29) is 35.4 Å². The van der Waals surface area contributed by atoms with Crippen molar-refractivity contribution in [3.8, 4) is 0 Å². The van der Waals surface area contributed by atoms with E-state index in [0.717, 1.165) is 29.2 Å². The molecule has 3 N–H and O–H groups in total. The average Bonchev–Trinajstić information content (AvgIpc) is 2.96. The van der Waals surface area contributed by atoms with E-state index in [9.17, 15) is 8.42 Å². The van der Waals surface area contributed by atoms with Gasteiger partial charge in [-0.25, -0.2) is 18.1 Å². The highest BCUT2D eigenvalue weighted by Crippen LogP contribution is 2.16. The maximum Gasteiger partial charge on any atom is 0.240 e. The number of benzene rings is 1. The Hall–Kier alpha value is -1.24. The van der Waals surface area contributed by atoms with Gasteiger partial charge in [-0.1, -0.05) is 17.7 Å². The summed E-state index contributed by atoms with van der Waals surface area (Å²) >= 11 is 1.71. The molecule has 0 aliphatic carbocycles. The van der Waals surface area contributed by atoms with Crippen LogP contribution in [0.1, 0.15) is 28.1 Å². The first-order valence-electron chi connectivity index (χ1n) is 9.33. The lowest BCUT2D eigenvalue weighted by molar-refractivity contribution is 0.582. The van der Waals surface area contributed by atoms with E-state index >= 15 is 0 Å². The van der Waals surface area contributed by atoms with E-state index in [4.69, 9.17) is 0 Å². The van der Waals surface area contributed by atoms with Gasteiger partial charge in [0.2, 0.25) is 10.0 Å². The molecule has 1 heterocycles. The van der Waals surface area contributed by atoms with Crippen molar-refractivity contribution in [3.05, 3.63) is 45.4 Å². The fourth-order valence-corrected chi connectivity index (χ4v) is 4.38. The van der Waals surface area contributed by atoms with Crippen LogP contribution in [0.4, 0.5) is 0 Å². The van der Waals surface area contributed by atoms with Crippen molar-refractivity contribution < 1.29 is 8.42 Å². The van der Waals surface area contributed by atoms with Crippen molar-refractivity contribution >= 4 is 51.3 Å². The Bertz CT molecular complexity index is 876. The van der Waals surface area contributed by atoms with E-state index in [1.54, 1.807) is 35.6 Å². The number of guanidine groups is 1. The van der Waals surface area contributed by atoms with Crippen LogP contribution in [0.25, 0.3) is 0 Å². The monoisotopic (exact) mass is 551 g/mol. The summed E-state index contributed by atoms with van der Waals surface area (Å²) in [5, 5.41) is 7.53. The number of aromatic nitrogens is 1. The van der Waals surface area contributed by atoms with E-state index in [1.807, 2.05) is 20.8 Å². The Morgan fingerprint density at radius 1 is 1.10 bits per heavy atom. The number of aliphatic imine (C=N–C) groups is 1. The number of thiazole rings is 1. The molecule has 0 spiro atoms. The zero-order valence-corrected chi connectivity index (χ0v) is 21.2. The Balaban J connectivity index is 0.00000420. The molecule has 2 aromatic rings. The van der Waals surface area contributed by atoms with Crippen molar-refractivity contribution in [2.45, 2.75) is 39.0 Å². The number of halogens is 1. The molecule has 0 bridgehead atoms. The number of nitrogens with one attached hydrogen (secondary N) is 3. The lowest BCUT2D eigenvalue weighted by atomic mass is 10.2. The van der Waals surface area contributed by atoms with Crippen molar-refractivity contribution in [1.29, 1.82) is 0 Å². The second kappa shape index (κ2) is 12.5. The molecule has 1 aromatic heterocycles.